The molecule has 1 heterocycles. The zero-order chi connectivity index (χ0) is 34.8. The Morgan fingerprint density at radius 1 is 0.222 bits per heavy atom. The topological polar surface area (TPSA) is 237 Å². The van der Waals surface area contributed by atoms with Crippen molar-refractivity contribution in [1.29, 1.82) is 0 Å². The maximum Gasteiger partial charge on any atom is 0.347 e. The lowest BCUT2D eigenvalue weighted by molar-refractivity contribution is -0.188. The van der Waals surface area contributed by atoms with Crippen molar-refractivity contribution in [1.82, 2.24) is 0 Å². The Labute approximate surface area is 257 Å². The molecule has 0 spiro atoms. The summed E-state index contributed by atoms with van der Waals surface area (Å²) < 4.78 is 44.0. The predicted molar refractivity (Wildman–Crippen MR) is 140 cm³/mol. The monoisotopic (exact) mass is 648 g/mol. The van der Waals surface area contributed by atoms with Gasteiger partial charge in [-0.3, -0.25) is 0 Å². The first-order valence-electron chi connectivity index (χ1n) is 13.6. The standard InChI is InChI=1S/C27H36O18/c1-10-19(28)38-12(3)21(30)40-14(5)23(32)42-16(7)25(34)44-18(9)27(36)45-17(8)26(35)43-15(6)24(33)41-13(4)22(31)39-11(2)20(29)37-10/h10-18H,1-9H3. The molecule has 1 fully saturated rings. The van der Waals surface area contributed by atoms with E-state index in [0.717, 1.165) is 62.3 Å². The lowest BCUT2D eigenvalue weighted by atomic mass is 10.3. The van der Waals surface area contributed by atoms with Crippen molar-refractivity contribution in [2.75, 3.05) is 0 Å². The van der Waals surface area contributed by atoms with Crippen LogP contribution in [0.4, 0.5) is 0 Å². The van der Waals surface area contributed by atoms with Crippen molar-refractivity contribution in [2.24, 2.45) is 0 Å². The van der Waals surface area contributed by atoms with Crippen LogP contribution in [0.15, 0.2) is 0 Å². The maximum atomic E-state index is 12.3. The number of carbonyl (C=O) groups excluding carboxylic acids is 9. The highest BCUT2D eigenvalue weighted by atomic mass is 16.7. The molecule has 9 unspecified atom stereocenters. The second-order valence-electron chi connectivity index (χ2n) is 9.71. The van der Waals surface area contributed by atoms with Gasteiger partial charge in [0.25, 0.3) is 0 Å². The number of hydrogen-bond acceptors (Lipinski definition) is 18. The summed E-state index contributed by atoms with van der Waals surface area (Å²) in [6.07, 6.45) is -14.4. The summed E-state index contributed by atoms with van der Waals surface area (Å²) in [5, 5.41) is 0. The molecule has 0 aliphatic carbocycles. The fourth-order valence-electron chi connectivity index (χ4n) is 2.86. The lowest BCUT2D eigenvalue weighted by Crippen LogP contribution is -2.39. The van der Waals surface area contributed by atoms with Crippen LogP contribution >= 0.6 is 0 Å². The van der Waals surface area contributed by atoms with E-state index < -0.39 is 109 Å². The van der Waals surface area contributed by atoms with Crippen LogP contribution in [-0.4, -0.2) is 109 Å². The van der Waals surface area contributed by atoms with Crippen LogP contribution in [0, 0.1) is 0 Å². The molecule has 0 saturated carbocycles. The molecule has 9 atom stereocenters. The van der Waals surface area contributed by atoms with Crippen molar-refractivity contribution >= 4 is 53.7 Å². The molecule has 45 heavy (non-hydrogen) atoms. The van der Waals surface area contributed by atoms with Crippen molar-refractivity contribution in [3.8, 4) is 0 Å². The highest BCUT2D eigenvalue weighted by Gasteiger charge is 2.34. The molecule has 0 radical (unpaired) electrons. The van der Waals surface area contributed by atoms with Gasteiger partial charge in [-0.2, -0.15) is 0 Å². The summed E-state index contributed by atoms with van der Waals surface area (Å²) in [7, 11) is 0. The van der Waals surface area contributed by atoms with Gasteiger partial charge in [0, 0.05) is 0 Å². The van der Waals surface area contributed by atoms with Crippen molar-refractivity contribution < 1.29 is 85.8 Å². The van der Waals surface area contributed by atoms with Crippen LogP contribution in [0.5, 0.6) is 0 Å². The summed E-state index contributed by atoms with van der Waals surface area (Å²) in [4.78, 5) is 111. The average Bonchev–Trinajstić information content (AvgIpc) is 2.95. The van der Waals surface area contributed by atoms with E-state index >= 15 is 0 Å². The Morgan fingerprint density at radius 2 is 0.289 bits per heavy atom. The number of ether oxygens (including phenoxy) is 9. The van der Waals surface area contributed by atoms with Crippen LogP contribution in [0.1, 0.15) is 62.3 Å². The zero-order valence-corrected chi connectivity index (χ0v) is 26.0. The first-order chi connectivity index (χ1) is 20.7. The van der Waals surface area contributed by atoms with E-state index in [1.807, 2.05) is 0 Å². The van der Waals surface area contributed by atoms with Gasteiger partial charge < -0.3 is 42.6 Å². The molecule has 0 aromatic rings. The first-order valence-corrected chi connectivity index (χ1v) is 13.6. The van der Waals surface area contributed by atoms with E-state index in [0.29, 0.717) is 0 Å². The van der Waals surface area contributed by atoms with E-state index in [2.05, 4.69) is 0 Å². The summed E-state index contributed by atoms with van der Waals surface area (Å²) in [5.74, 6) is -10.8. The van der Waals surface area contributed by atoms with Crippen LogP contribution < -0.4 is 0 Å². The van der Waals surface area contributed by atoms with Gasteiger partial charge in [-0.05, 0) is 62.3 Å². The van der Waals surface area contributed by atoms with Gasteiger partial charge in [-0.15, -0.1) is 0 Å². The minimum atomic E-state index is -1.60. The highest BCUT2D eigenvalue weighted by Crippen LogP contribution is 2.11. The Hall–Kier alpha value is -4.77. The van der Waals surface area contributed by atoms with E-state index in [1.165, 1.54) is 0 Å². The second-order valence-corrected chi connectivity index (χ2v) is 9.71. The molecule has 1 rings (SSSR count). The number of hydrogen-bond donors (Lipinski definition) is 0. The molecule has 0 aromatic carbocycles. The minimum absolute atomic E-state index is 1.10. The van der Waals surface area contributed by atoms with Crippen LogP contribution in [0.2, 0.25) is 0 Å². The van der Waals surface area contributed by atoms with E-state index in [-0.39, 0.29) is 0 Å². The smallest absolute Gasteiger partial charge is 0.347 e. The molecule has 1 saturated heterocycles. The van der Waals surface area contributed by atoms with Gasteiger partial charge >= 0.3 is 53.7 Å². The Bertz CT molecular complexity index is 891. The number of carbonyl (C=O) groups is 9. The fourth-order valence-corrected chi connectivity index (χ4v) is 2.86. The van der Waals surface area contributed by atoms with Crippen LogP contribution in [-0.2, 0) is 85.8 Å². The van der Waals surface area contributed by atoms with E-state index in [9.17, 15) is 43.2 Å². The number of esters is 9. The Morgan fingerprint density at radius 3 is 0.356 bits per heavy atom. The molecule has 252 valence electrons. The van der Waals surface area contributed by atoms with Crippen molar-refractivity contribution in [3.63, 3.8) is 0 Å². The van der Waals surface area contributed by atoms with Crippen LogP contribution in [0.25, 0.3) is 0 Å². The summed E-state index contributed by atoms with van der Waals surface area (Å²) in [6.45, 7) is 9.86. The second kappa shape index (κ2) is 16.9. The molecule has 0 bridgehead atoms. The predicted octanol–water partition coefficient (Wildman–Crippen LogP) is -0.615. The van der Waals surface area contributed by atoms with Gasteiger partial charge in [0.15, 0.2) is 54.9 Å². The van der Waals surface area contributed by atoms with Gasteiger partial charge in [-0.1, -0.05) is 0 Å². The number of cyclic esters (lactones) is 9. The molecule has 1 aliphatic rings. The summed E-state index contributed by atoms with van der Waals surface area (Å²) in [6, 6.07) is 0. The zero-order valence-electron chi connectivity index (χ0n) is 26.0. The molecule has 0 amide bonds. The van der Waals surface area contributed by atoms with Gasteiger partial charge in [0.1, 0.15) is 0 Å². The van der Waals surface area contributed by atoms with Crippen LogP contribution in [0.3, 0.4) is 0 Å². The highest BCUT2D eigenvalue weighted by molar-refractivity contribution is 5.88. The largest absolute Gasteiger partial charge is 0.448 e. The average molecular weight is 649 g/mol. The summed E-state index contributed by atoms with van der Waals surface area (Å²) >= 11 is 0. The molecule has 0 N–H and O–H groups in total. The molecule has 0 aromatic heterocycles. The molecule has 1 aliphatic heterocycles. The summed E-state index contributed by atoms with van der Waals surface area (Å²) in [5.41, 5.74) is 0. The van der Waals surface area contributed by atoms with E-state index in [4.69, 9.17) is 42.6 Å². The van der Waals surface area contributed by atoms with Gasteiger partial charge in [-0.25, -0.2) is 43.2 Å². The lowest BCUT2D eigenvalue weighted by Gasteiger charge is -2.21. The van der Waals surface area contributed by atoms with Crippen molar-refractivity contribution in [3.05, 3.63) is 0 Å². The van der Waals surface area contributed by atoms with Gasteiger partial charge in [0.05, 0.1) is 0 Å². The molecular formula is C27H36O18. The normalized spacial score (nSPS) is 33.0. The van der Waals surface area contributed by atoms with E-state index in [1.54, 1.807) is 0 Å². The third kappa shape index (κ3) is 12.0. The Balaban J connectivity index is 3.14. The molecular weight excluding hydrogens is 612 g/mol. The van der Waals surface area contributed by atoms with Gasteiger partial charge in [0.2, 0.25) is 0 Å². The SMILES string of the molecule is CC1OC(=O)C(C)OC(=O)C(C)OC(=O)C(C)OC(=O)C(C)OC(=O)C(C)OC(=O)C(C)OC(=O)C(C)OC(=O)C(C)OC1=O. The molecule has 18 nitrogen and oxygen atoms in total. The first kappa shape index (κ1) is 38.3. The Kier molecular flexibility index (Phi) is 14.4. The van der Waals surface area contributed by atoms with Crippen molar-refractivity contribution in [2.45, 2.75) is 117 Å². The fraction of sp³-hybridized carbons (Fsp3) is 0.667. The third-order valence-electron chi connectivity index (χ3n) is 5.62. The quantitative estimate of drug-likeness (QED) is 0.235. The third-order valence-corrected chi connectivity index (χ3v) is 5.62. The minimum Gasteiger partial charge on any atom is -0.448 e. The molecule has 18 heteroatoms. The maximum absolute atomic E-state index is 12.3. The number of rotatable bonds is 0.